The van der Waals surface area contributed by atoms with Crippen molar-refractivity contribution in [3.8, 4) is 0 Å². The van der Waals surface area contributed by atoms with Crippen LogP contribution < -0.4 is 0 Å². The minimum Gasteiger partial charge on any atom is -0.395 e. The van der Waals surface area contributed by atoms with Crippen LogP contribution >= 0.6 is 0 Å². The number of carbonyl (C=O) groups is 2. The molecule has 0 aliphatic carbocycles. The van der Waals surface area contributed by atoms with Gasteiger partial charge in [0.2, 0.25) is 11.8 Å². The van der Waals surface area contributed by atoms with Gasteiger partial charge in [0.25, 0.3) is 0 Å². The Kier molecular flexibility index (Phi) is 13.0. The zero-order chi connectivity index (χ0) is 32.9. The summed E-state index contributed by atoms with van der Waals surface area (Å²) < 4.78 is 39.2. The number of nitrogens with zero attached hydrogens (tertiary/aromatic N) is 3. The van der Waals surface area contributed by atoms with Gasteiger partial charge in [-0.15, -0.1) is 0 Å². The third-order valence-electron chi connectivity index (χ3n) is 8.42. The van der Waals surface area contributed by atoms with Crippen LogP contribution in [0.3, 0.4) is 0 Å². The second kappa shape index (κ2) is 17.1. The molecule has 0 unspecified atom stereocenters. The Morgan fingerprint density at radius 1 is 0.870 bits per heavy atom. The number of rotatable bonds is 14. The summed E-state index contributed by atoms with van der Waals surface area (Å²) in [7, 11) is 0. The Morgan fingerprint density at radius 2 is 1.52 bits per heavy atom. The molecule has 3 aromatic rings. The fraction of sp³-hybridized carbons (Fsp3) is 0.405. The first-order valence-electron chi connectivity index (χ1n) is 16.1. The number of unbranched alkanes of at least 4 members (excludes halogenated alkanes) is 2. The van der Waals surface area contributed by atoms with Gasteiger partial charge >= 0.3 is 6.18 Å². The van der Waals surface area contributed by atoms with Crippen LogP contribution in [-0.4, -0.2) is 77.0 Å². The lowest BCUT2D eigenvalue weighted by atomic mass is 10.0. The molecule has 9 heteroatoms. The van der Waals surface area contributed by atoms with Gasteiger partial charge in [0.1, 0.15) is 6.04 Å². The number of amides is 2. The predicted octanol–water partition coefficient (Wildman–Crippen LogP) is 6.23. The molecule has 1 N–H and O–H groups in total. The molecular weight excluding hydrogens is 591 g/mol. The van der Waals surface area contributed by atoms with E-state index in [0.717, 1.165) is 48.9 Å². The summed E-state index contributed by atoms with van der Waals surface area (Å²) >= 11 is 0. The van der Waals surface area contributed by atoms with Crippen molar-refractivity contribution >= 4 is 17.9 Å². The second-order valence-corrected chi connectivity index (χ2v) is 11.8. The SMILES string of the molecule is CCCCCc1ccc(CN(C(=O)/C=C/c2ccc(C(F)(F)F)cc2)[C@@H](Cc2ccccc2)C(=O)N2CCN(CCO)CC2)cc1. The summed E-state index contributed by atoms with van der Waals surface area (Å²) in [6, 6.07) is 21.5. The molecule has 0 radical (unpaired) electrons. The molecule has 0 spiro atoms. The number of β-amino-alcohol motifs (C(OH)–C–C–N with tert-alkyl or cyclic N) is 1. The van der Waals surface area contributed by atoms with Crippen LogP contribution in [0.25, 0.3) is 6.08 Å². The first-order chi connectivity index (χ1) is 22.2. The number of piperazine rings is 1. The number of hydrogen-bond donors (Lipinski definition) is 1. The number of carbonyl (C=O) groups excluding carboxylic acids is 2. The fourth-order valence-electron chi connectivity index (χ4n) is 5.69. The van der Waals surface area contributed by atoms with Gasteiger partial charge in [0, 0.05) is 51.8 Å². The Bertz CT molecular complexity index is 1400. The molecule has 2 amide bonds. The normalized spacial score (nSPS) is 14.8. The molecule has 4 rings (SSSR count). The van der Waals surface area contributed by atoms with Crippen molar-refractivity contribution in [3.63, 3.8) is 0 Å². The van der Waals surface area contributed by atoms with E-state index in [1.54, 1.807) is 9.80 Å². The molecule has 246 valence electrons. The van der Waals surface area contributed by atoms with Crippen molar-refractivity contribution in [2.45, 2.75) is 57.8 Å². The average molecular weight is 636 g/mol. The fourth-order valence-corrected chi connectivity index (χ4v) is 5.69. The highest BCUT2D eigenvalue weighted by atomic mass is 19.4. The number of aliphatic hydroxyl groups excluding tert-OH is 1. The number of aryl methyl sites for hydroxylation is 1. The first-order valence-corrected chi connectivity index (χ1v) is 16.1. The zero-order valence-electron chi connectivity index (χ0n) is 26.5. The number of halogens is 3. The molecule has 1 saturated heterocycles. The minimum atomic E-state index is -4.45. The van der Waals surface area contributed by atoms with E-state index in [4.69, 9.17) is 0 Å². The third-order valence-corrected chi connectivity index (χ3v) is 8.42. The molecule has 46 heavy (non-hydrogen) atoms. The molecule has 6 nitrogen and oxygen atoms in total. The van der Waals surface area contributed by atoms with Gasteiger partial charge < -0.3 is 14.9 Å². The van der Waals surface area contributed by atoms with E-state index in [1.807, 2.05) is 42.5 Å². The van der Waals surface area contributed by atoms with Crippen LogP contribution in [0, 0.1) is 0 Å². The molecule has 1 heterocycles. The molecule has 1 aliphatic rings. The maximum Gasteiger partial charge on any atom is 0.416 e. The summed E-state index contributed by atoms with van der Waals surface area (Å²) in [5.74, 6) is -0.555. The summed E-state index contributed by atoms with van der Waals surface area (Å²) in [5, 5.41) is 9.35. The van der Waals surface area contributed by atoms with Gasteiger partial charge in [-0.25, -0.2) is 0 Å². The van der Waals surface area contributed by atoms with Crippen LogP contribution in [0.5, 0.6) is 0 Å². The molecule has 3 aromatic carbocycles. The molecule has 1 atom stereocenters. The van der Waals surface area contributed by atoms with E-state index in [1.165, 1.54) is 29.8 Å². The van der Waals surface area contributed by atoms with Crippen LogP contribution in [0.4, 0.5) is 13.2 Å². The van der Waals surface area contributed by atoms with Gasteiger partial charge in [-0.2, -0.15) is 13.2 Å². The number of hydrogen-bond acceptors (Lipinski definition) is 4. The smallest absolute Gasteiger partial charge is 0.395 e. The molecule has 0 saturated carbocycles. The van der Waals surface area contributed by atoms with Crippen LogP contribution in [0.1, 0.15) is 54.0 Å². The van der Waals surface area contributed by atoms with Crippen molar-refractivity contribution in [1.29, 1.82) is 0 Å². The second-order valence-electron chi connectivity index (χ2n) is 11.8. The topological polar surface area (TPSA) is 64.1 Å². The zero-order valence-corrected chi connectivity index (χ0v) is 26.5. The monoisotopic (exact) mass is 635 g/mol. The minimum absolute atomic E-state index is 0.0511. The largest absolute Gasteiger partial charge is 0.416 e. The molecule has 0 bridgehead atoms. The van der Waals surface area contributed by atoms with Gasteiger partial charge in [0.05, 0.1) is 12.2 Å². The summed E-state index contributed by atoms with van der Waals surface area (Å²) in [6.07, 6.45) is 3.07. The van der Waals surface area contributed by atoms with E-state index < -0.39 is 23.7 Å². The lowest BCUT2D eigenvalue weighted by Crippen LogP contribution is -2.56. The van der Waals surface area contributed by atoms with Crippen molar-refractivity contribution in [3.05, 3.63) is 113 Å². The van der Waals surface area contributed by atoms with Crippen molar-refractivity contribution in [2.24, 2.45) is 0 Å². The number of alkyl halides is 3. The van der Waals surface area contributed by atoms with Crippen LogP contribution in [0.2, 0.25) is 0 Å². The molecule has 0 aromatic heterocycles. The van der Waals surface area contributed by atoms with Crippen molar-refractivity contribution in [2.75, 3.05) is 39.3 Å². The van der Waals surface area contributed by atoms with Gasteiger partial charge in [-0.05, 0) is 53.3 Å². The summed E-state index contributed by atoms with van der Waals surface area (Å²) in [4.78, 5) is 33.7. The highest BCUT2D eigenvalue weighted by Crippen LogP contribution is 2.29. The maximum absolute atomic E-state index is 14.2. The summed E-state index contributed by atoms with van der Waals surface area (Å²) in [6.45, 7) is 5.19. The first kappa shape index (κ1) is 34.9. The molecule has 1 fully saturated rings. The quantitative estimate of drug-likeness (QED) is 0.169. The Balaban J connectivity index is 1.63. The van der Waals surface area contributed by atoms with E-state index >= 15 is 0 Å². The van der Waals surface area contributed by atoms with Crippen molar-refractivity contribution < 1.29 is 27.9 Å². The lowest BCUT2D eigenvalue weighted by molar-refractivity contribution is -0.145. The van der Waals surface area contributed by atoms with E-state index in [2.05, 4.69) is 24.0 Å². The standard InChI is InChI=1S/C37H44F3N3O3/c1-2-3-5-8-29-11-13-32(14-12-29)28-43(35(45)20-17-30-15-18-33(19-16-30)37(38,39)40)34(27-31-9-6-4-7-10-31)36(46)42-23-21-41(22-24-42)25-26-44/h4,6-7,9-20,34,44H,2-3,5,8,21-28H2,1H3/b20-17+/t34-/m0/s1. The summed E-state index contributed by atoms with van der Waals surface area (Å²) in [5.41, 5.74) is 2.70. The van der Waals surface area contributed by atoms with Gasteiger partial charge in [-0.3, -0.25) is 14.5 Å². The Hall–Kier alpha value is -3.95. The Morgan fingerprint density at radius 3 is 2.13 bits per heavy atom. The highest BCUT2D eigenvalue weighted by Gasteiger charge is 2.34. The molecule has 1 aliphatic heterocycles. The van der Waals surface area contributed by atoms with E-state index in [-0.39, 0.29) is 19.1 Å². The lowest BCUT2D eigenvalue weighted by Gasteiger charge is -2.39. The average Bonchev–Trinajstić information content (AvgIpc) is 3.06. The van der Waals surface area contributed by atoms with Crippen LogP contribution in [-0.2, 0) is 35.2 Å². The Labute approximate surface area is 270 Å². The van der Waals surface area contributed by atoms with Crippen LogP contribution in [0.15, 0.2) is 84.9 Å². The van der Waals surface area contributed by atoms with E-state index in [9.17, 15) is 27.9 Å². The van der Waals surface area contributed by atoms with Gasteiger partial charge in [-0.1, -0.05) is 86.5 Å². The predicted molar refractivity (Wildman–Crippen MR) is 175 cm³/mol. The number of aliphatic hydroxyl groups is 1. The third kappa shape index (κ3) is 10.3. The maximum atomic E-state index is 14.2. The number of benzene rings is 3. The highest BCUT2D eigenvalue weighted by molar-refractivity contribution is 5.95. The molecular formula is C37H44F3N3O3. The van der Waals surface area contributed by atoms with Crippen molar-refractivity contribution in [1.82, 2.24) is 14.7 Å². The van der Waals surface area contributed by atoms with E-state index in [0.29, 0.717) is 44.7 Å². The van der Waals surface area contributed by atoms with Gasteiger partial charge in [0.15, 0.2) is 0 Å².